The zero-order valence-corrected chi connectivity index (χ0v) is 12.4. The van der Waals surface area contributed by atoms with Crippen molar-refractivity contribution < 1.29 is 14.3 Å². The van der Waals surface area contributed by atoms with Crippen LogP contribution in [0.4, 0.5) is 0 Å². The summed E-state index contributed by atoms with van der Waals surface area (Å²) in [6.07, 6.45) is 6.49. The Morgan fingerprint density at radius 2 is 1.76 bits per heavy atom. The first-order valence-electron chi connectivity index (χ1n) is 6.69. The van der Waals surface area contributed by atoms with Crippen molar-refractivity contribution >= 4 is 11.8 Å². The fourth-order valence-corrected chi connectivity index (χ4v) is 1.44. The highest BCUT2D eigenvalue weighted by Gasteiger charge is 2.06. The fraction of sp³-hybridized carbons (Fsp3) is 0.250. The number of allylic oxidation sites excluding steroid dienone is 3. The van der Waals surface area contributed by atoms with E-state index in [9.17, 15) is 9.59 Å². The number of carbonyl (C=O) groups is 2. The van der Waals surface area contributed by atoms with E-state index < -0.39 is 5.91 Å². The molecule has 0 aromatic heterocycles. The first-order valence-corrected chi connectivity index (χ1v) is 6.69. The minimum atomic E-state index is -0.402. The van der Waals surface area contributed by atoms with Crippen LogP contribution in [0.25, 0.3) is 0 Å². The van der Waals surface area contributed by atoms with Crippen LogP contribution < -0.4 is 15.6 Å². The van der Waals surface area contributed by atoms with Gasteiger partial charge in [-0.15, -0.1) is 0 Å². The van der Waals surface area contributed by atoms with Gasteiger partial charge in [0, 0.05) is 11.6 Å². The highest BCUT2D eigenvalue weighted by Crippen LogP contribution is 2.13. The molecule has 0 radical (unpaired) electrons. The maximum atomic E-state index is 11.8. The van der Waals surface area contributed by atoms with E-state index in [4.69, 9.17) is 4.74 Å². The normalized spacial score (nSPS) is 11.0. The van der Waals surface area contributed by atoms with Gasteiger partial charge in [-0.25, -0.2) is 0 Å². The number of carbonyl (C=O) groups excluding carboxylic acids is 2. The van der Waals surface area contributed by atoms with Gasteiger partial charge in [0.25, 0.3) is 11.8 Å². The molecule has 0 saturated heterocycles. The van der Waals surface area contributed by atoms with E-state index in [0.717, 1.165) is 0 Å². The summed E-state index contributed by atoms with van der Waals surface area (Å²) in [4.78, 5) is 23.2. The van der Waals surface area contributed by atoms with Gasteiger partial charge in [0.05, 0.1) is 6.10 Å². The van der Waals surface area contributed by atoms with Gasteiger partial charge in [-0.1, -0.05) is 18.2 Å². The number of benzene rings is 1. The summed E-state index contributed by atoms with van der Waals surface area (Å²) >= 11 is 0. The number of nitrogens with one attached hydrogen (secondary N) is 2. The standard InChI is InChI=1S/C16H20N2O3/c1-4-5-6-7-15(19)17-18-16(20)13-8-10-14(11-9-13)21-12(2)3/h4-12H,1-3H3,(H,17,19)(H,18,20)/b5-4+,7-6+. The second kappa shape index (κ2) is 8.58. The van der Waals surface area contributed by atoms with E-state index in [2.05, 4.69) is 10.9 Å². The van der Waals surface area contributed by atoms with Crippen LogP contribution in [0.1, 0.15) is 31.1 Å². The average Bonchev–Trinajstić information content (AvgIpc) is 2.45. The molecule has 0 aliphatic carbocycles. The van der Waals surface area contributed by atoms with Crippen molar-refractivity contribution in [2.75, 3.05) is 0 Å². The summed E-state index contributed by atoms with van der Waals surface area (Å²) in [5, 5.41) is 0. The van der Waals surface area contributed by atoms with Gasteiger partial charge < -0.3 is 4.74 Å². The molecule has 0 aliphatic rings. The van der Waals surface area contributed by atoms with Gasteiger partial charge in [-0.2, -0.15) is 0 Å². The van der Waals surface area contributed by atoms with Gasteiger partial charge in [0.15, 0.2) is 0 Å². The topological polar surface area (TPSA) is 67.4 Å². The molecule has 21 heavy (non-hydrogen) atoms. The van der Waals surface area contributed by atoms with Crippen molar-refractivity contribution in [2.24, 2.45) is 0 Å². The molecular formula is C16H20N2O3. The number of amides is 2. The van der Waals surface area contributed by atoms with E-state index in [0.29, 0.717) is 11.3 Å². The lowest BCUT2D eigenvalue weighted by Crippen LogP contribution is -2.40. The maximum absolute atomic E-state index is 11.8. The molecule has 0 aliphatic heterocycles. The lowest BCUT2D eigenvalue weighted by atomic mass is 10.2. The Balaban J connectivity index is 2.50. The third-order valence-corrected chi connectivity index (χ3v) is 2.34. The molecule has 0 fully saturated rings. The first-order chi connectivity index (χ1) is 10.0. The molecule has 0 spiro atoms. The van der Waals surface area contributed by atoms with Crippen molar-refractivity contribution in [1.29, 1.82) is 0 Å². The predicted octanol–water partition coefficient (Wildman–Crippen LogP) is 2.37. The SMILES string of the molecule is C/C=C/C=C/C(=O)NNC(=O)c1ccc(OC(C)C)cc1. The van der Waals surface area contributed by atoms with Crippen molar-refractivity contribution in [3.8, 4) is 5.75 Å². The summed E-state index contributed by atoms with van der Waals surface area (Å²) < 4.78 is 5.49. The largest absolute Gasteiger partial charge is 0.491 e. The first kappa shape index (κ1) is 16.5. The zero-order chi connectivity index (χ0) is 15.7. The van der Waals surface area contributed by atoms with Crippen molar-refractivity contribution in [1.82, 2.24) is 10.9 Å². The third-order valence-electron chi connectivity index (χ3n) is 2.34. The number of rotatable bonds is 5. The average molecular weight is 288 g/mol. The number of hydrogen-bond donors (Lipinski definition) is 2. The van der Waals surface area contributed by atoms with Crippen molar-refractivity contribution in [3.05, 3.63) is 54.1 Å². The van der Waals surface area contributed by atoms with Gasteiger partial charge in [-0.3, -0.25) is 20.4 Å². The second-order valence-electron chi connectivity index (χ2n) is 4.52. The van der Waals surface area contributed by atoms with Crippen LogP contribution >= 0.6 is 0 Å². The minimum absolute atomic E-state index is 0.0768. The molecule has 2 N–H and O–H groups in total. The van der Waals surface area contributed by atoms with Gasteiger partial charge >= 0.3 is 0 Å². The van der Waals surface area contributed by atoms with Gasteiger partial charge in [-0.05, 0) is 45.0 Å². The highest BCUT2D eigenvalue weighted by molar-refractivity contribution is 5.96. The van der Waals surface area contributed by atoms with E-state index in [1.807, 2.05) is 20.8 Å². The monoisotopic (exact) mass is 288 g/mol. The van der Waals surface area contributed by atoms with Crippen molar-refractivity contribution in [2.45, 2.75) is 26.9 Å². The lowest BCUT2D eigenvalue weighted by Gasteiger charge is -2.10. The Labute approximate surface area is 124 Å². The Kier molecular flexibility index (Phi) is 6.74. The minimum Gasteiger partial charge on any atom is -0.491 e. The molecule has 2 amide bonds. The van der Waals surface area contributed by atoms with Crippen molar-refractivity contribution in [3.63, 3.8) is 0 Å². The Hall–Kier alpha value is -2.56. The molecule has 5 nitrogen and oxygen atoms in total. The summed E-state index contributed by atoms with van der Waals surface area (Å²) in [7, 11) is 0. The van der Waals surface area contributed by atoms with E-state index in [1.165, 1.54) is 6.08 Å². The molecule has 0 unspecified atom stereocenters. The smallest absolute Gasteiger partial charge is 0.269 e. The summed E-state index contributed by atoms with van der Waals surface area (Å²) in [6.45, 7) is 5.70. The van der Waals surface area contributed by atoms with Crippen LogP contribution in [-0.2, 0) is 4.79 Å². The number of hydrogen-bond acceptors (Lipinski definition) is 3. The maximum Gasteiger partial charge on any atom is 0.269 e. The molecule has 0 atom stereocenters. The predicted molar refractivity (Wildman–Crippen MR) is 81.8 cm³/mol. The van der Waals surface area contributed by atoms with Crippen LogP contribution in [0.15, 0.2) is 48.6 Å². The molecule has 0 bridgehead atoms. The second-order valence-corrected chi connectivity index (χ2v) is 4.52. The van der Waals surface area contributed by atoms with Gasteiger partial charge in [0.1, 0.15) is 5.75 Å². The van der Waals surface area contributed by atoms with Crippen LogP contribution in [0, 0.1) is 0 Å². The van der Waals surface area contributed by atoms with E-state index in [-0.39, 0.29) is 12.0 Å². The Morgan fingerprint density at radius 3 is 2.33 bits per heavy atom. The lowest BCUT2D eigenvalue weighted by molar-refractivity contribution is -0.117. The fourth-order valence-electron chi connectivity index (χ4n) is 1.44. The molecular weight excluding hydrogens is 268 g/mol. The Bertz CT molecular complexity index is 531. The molecule has 112 valence electrons. The molecule has 5 heteroatoms. The molecule has 0 saturated carbocycles. The highest BCUT2D eigenvalue weighted by atomic mass is 16.5. The van der Waals surface area contributed by atoms with E-state index in [1.54, 1.807) is 42.5 Å². The summed E-state index contributed by atoms with van der Waals surface area (Å²) in [6, 6.07) is 6.69. The molecule has 1 rings (SSSR count). The molecule has 0 heterocycles. The van der Waals surface area contributed by atoms with Crippen LogP contribution in [0.3, 0.4) is 0 Å². The number of ether oxygens (including phenoxy) is 1. The van der Waals surface area contributed by atoms with Crippen LogP contribution in [0.5, 0.6) is 5.75 Å². The zero-order valence-electron chi connectivity index (χ0n) is 12.4. The van der Waals surface area contributed by atoms with Crippen LogP contribution in [-0.4, -0.2) is 17.9 Å². The molecule has 1 aromatic carbocycles. The van der Waals surface area contributed by atoms with Gasteiger partial charge in [0.2, 0.25) is 0 Å². The van der Waals surface area contributed by atoms with E-state index >= 15 is 0 Å². The Morgan fingerprint density at radius 1 is 1.10 bits per heavy atom. The third kappa shape index (κ3) is 6.42. The number of hydrazine groups is 1. The van der Waals surface area contributed by atoms with Crippen LogP contribution in [0.2, 0.25) is 0 Å². The quantitative estimate of drug-likeness (QED) is 0.496. The summed E-state index contributed by atoms with van der Waals surface area (Å²) in [5.41, 5.74) is 5.06. The molecule has 1 aromatic rings. The summed E-state index contributed by atoms with van der Waals surface area (Å²) in [5.74, 6) is -0.0973.